The summed E-state index contributed by atoms with van der Waals surface area (Å²) in [5, 5.41) is 35.8. The molecule has 1 fully saturated rings. The number of carbonyl (C=O) groups excluding carboxylic acids is 3. The number of rotatable bonds is 22. The molecule has 1 aliphatic rings. The van der Waals surface area contributed by atoms with Crippen LogP contribution in [0.4, 0.5) is 5.82 Å². The molecule has 0 saturated carbocycles. The van der Waals surface area contributed by atoms with Crippen LogP contribution in [0.3, 0.4) is 0 Å². The van der Waals surface area contributed by atoms with Gasteiger partial charge >= 0.3 is 29.4 Å². The minimum absolute atomic E-state index is 0.0234. The number of phosphoric ester groups is 3. The van der Waals surface area contributed by atoms with Crippen molar-refractivity contribution in [2.75, 3.05) is 37.8 Å². The summed E-state index contributed by atoms with van der Waals surface area (Å²) in [4.78, 5) is 87.0. The van der Waals surface area contributed by atoms with Gasteiger partial charge in [0.1, 0.15) is 36.3 Å². The molecule has 26 nitrogen and oxygen atoms in total. The number of nitrogen functional groups attached to an aromatic ring is 1. The molecule has 2 aromatic heterocycles. The maximum atomic E-state index is 12.7. The van der Waals surface area contributed by atoms with Gasteiger partial charge in [-0.25, -0.2) is 28.6 Å². The molecule has 318 valence electrons. The van der Waals surface area contributed by atoms with Crippen molar-refractivity contribution in [3.8, 4) is 0 Å². The molecule has 0 aromatic carbocycles. The SMILES string of the molecule is CC(C)(O)CC(=O)OSCCNC(=O)CCNC(=O)C(O)C(C)(C)COP(=O)(O)OP(=O)(O)OC[C@H]1O[C@@H](n2cnc3c(N)ncnc32)[C@H](O)[C@@H]1OP(=O)(O)O. The zero-order valence-corrected chi connectivity index (χ0v) is 33.6. The largest absolute Gasteiger partial charge is 0.481 e. The Bertz CT molecular complexity index is 1840. The number of carbonyl (C=O) groups is 3. The first-order valence-corrected chi connectivity index (χ1v) is 21.6. The van der Waals surface area contributed by atoms with E-state index in [9.17, 15) is 63.0 Å². The molecule has 0 radical (unpaired) electrons. The quantitative estimate of drug-likeness (QED) is 0.0375. The van der Waals surface area contributed by atoms with Crippen molar-refractivity contribution >= 4 is 70.3 Å². The monoisotopic (exact) mass is 883 g/mol. The zero-order valence-electron chi connectivity index (χ0n) is 30.1. The minimum Gasteiger partial charge on any atom is -0.391 e. The van der Waals surface area contributed by atoms with E-state index in [1.165, 1.54) is 27.7 Å². The Balaban J connectivity index is 1.48. The van der Waals surface area contributed by atoms with Crippen LogP contribution in [-0.2, 0) is 54.9 Å². The Morgan fingerprint density at radius 2 is 1.70 bits per heavy atom. The number of fused-ring (bicyclic) bond motifs is 1. The van der Waals surface area contributed by atoms with Gasteiger partial charge in [-0.1, -0.05) is 13.8 Å². The number of nitrogens with zero attached hydrogens (tertiary/aromatic N) is 4. The Hall–Kier alpha value is -2.68. The Morgan fingerprint density at radius 3 is 2.34 bits per heavy atom. The molecular formula is C26H44N7O19P3S. The third-order valence-electron chi connectivity index (χ3n) is 7.31. The number of imidazole rings is 1. The van der Waals surface area contributed by atoms with Crippen LogP contribution >= 0.6 is 35.5 Å². The summed E-state index contributed by atoms with van der Waals surface area (Å²) >= 11 is 0.774. The number of nitrogens with one attached hydrogen (secondary N) is 2. The van der Waals surface area contributed by atoms with Gasteiger partial charge in [0.25, 0.3) is 0 Å². The molecule has 2 aromatic rings. The molecule has 56 heavy (non-hydrogen) atoms. The maximum absolute atomic E-state index is 12.7. The average molecular weight is 884 g/mol. The predicted octanol–water partition coefficient (Wildman–Crippen LogP) is -1.24. The molecule has 1 saturated heterocycles. The third-order valence-corrected chi connectivity index (χ3v) is 11.1. The molecule has 2 amide bonds. The summed E-state index contributed by atoms with van der Waals surface area (Å²) in [6.45, 7) is 3.18. The minimum atomic E-state index is -5.58. The average Bonchev–Trinajstić information content (AvgIpc) is 3.61. The summed E-state index contributed by atoms with van der Waals surface area (Å²) in [7, 11) is -16.4. The lowest BCUT2D eigenvalue weighted by molar-refractivity contribution is -0.138. The van der Waals surface area contributed by atoms with Crippen LogP contribution in [0.15, 0.2) is 12.7 Å². The van der Waals surface area contributed by atoms with Gasteiger partial charge in [-0.3, -0.25) is 32.5 Å². The first-order chi connectivity index (χ1) is 25.7. The standard InChI is InChI=1S/C26H44N7O19P3S/c1-25(2,20(37)23(38)29-6-5-15(34)28-7-8-56-51-16(35)9-26(3,4)39)11-48-55(45,46)52-54(43,44)47-10-14-19(50-53(40,41)42)18(36)24(49-14)33-13-32-17-21(27)30-12-31-22(17)33/h12-14,18-20,24,36-37,39H,5-11H2,1-4H3,(H,28,34)(H,29,38)(H,43,44)(H,45,46)(H2,27,30,31)(H2,40,41,42)/t14-,18-,19-,20?,24-/m1/s1. The Kier molecular flexibility index (Phi) is 16.5. The van der Waals surface area contributed by atoms with E-state index < -0.39 is 96.1 Å². The fraction of sp³-hybridized carbons (Fsp3) is 0.692. The number of anilines is 1. The van der Waals surface area contributed by atoms with E-state index in [4.69, 9.17) is 23.7 Å². The Labute approximate surface area is 322 Å². The summed E-state index contributed by atoms with van der Waals surface area (Å²) in [5.41, 5.74) is 2.99. The number of hydrogen-bond acceptors (Lipinski definition) is 20. The van der Waals surface area contributed by atoms with Crippen molar-refractivity contribution in [2.24, 2.45) is 5.41 Å². The van der Waals surface area contributed by atoms with Crippen LogP contribution in [-0.4, -0.2) is 134 Å². The highest BCUT2D eigenvalue weighted by Gasteiger charge is 2.50. The number of amides is 2. The van der Waals surface area contributed by atoms with E-state index in [0.29, 0.717) is 0 Å². The fourth-order valence-electron chi connectivity index (χ4n) is 4.66. The van der Waals surface area contributed by atoms with Crippen molar-refractivity contribution in [2.45, 2.75) is 76.8 Å². The van der Waals surface area contributed by atoms with Crippen LogP contribution < -0.4 is 16.4 Å². The van der Waals surface area contributed by atoms with Gasteiger partial charge in [0.2, 0.25) is 11.8 Å². The van der Waals surface area contributed by atoms with Gasteiger partial charge in [-0.05, 0) is 13.8 Å². The molecule has 0 bridgehead atoms. The highest BCUT2D eigenvalue weighted by Crippen LogP contribution is 2.61. The second kappa shape index (κ2) is 19.4. The molecule has 0 spiro atoms. The molecule has 3 unspecified atom stereocenters. The van der Waals surface area contributed by atoms with Crippen LogP contribution in [0.5, 0.6) is 0 Å². The van der Waals surface area contributed by atoms with E-state index in [2.05, 4.69) is 34.4 Å². The number of ether oxygens (including phenoxy) is 1. The number of aliphatic hydroxyl groups excluding tert-OH is 2. The van der Waals surface area contributed by atoms with E-state index in [-0.39, 0.29) is 48.7 Å². The van der Waals surface area contributed by atoms with Crippen molar-refractivity contribution in [3.63, 3.8) is 0 Å². The molecule has 3 heterocycles. The molecule has 11 N–H and O–H groups in total. The van der Waals surface area contributed by atoms with Gasteiger partial charge in [0, 0.05) is 30.7 Å². The van der Waals surface area contributed by atoms with Gasteiger partial charge in [0.15, 0.2) is 17.7 Å². The molecule has 30 heteroatoms. The van der Waals surface area contributed by atoms with Gasteiger partial charge in [-0.2, -0.15) is 4.31 Å². The second-order valence-corrected chi connectivity index (χ2v) is 18.4. The summed E-state index contributed by atoms with van der Waals surface area (Å²) in [5.74, 6) is -1.99. The lowest BCUT2D eigenvalue weighted by atomic mass is 9.87. The predicted molar refractivity (Wildman–Crippen MR) is 189 cm³/mol. The number of phosphoric acid groups is 3. The first kappa shape index (κ1) is 47.7. The highest BCUT2D eigenvalue weighted by atomic mass is 32.2. The zero-order chi connectivity index (χ0) is 42.3. The van der Waals surface area contributed by atoms with Crippen LogP contribution in [0.25, 0.3) is 11.2 Å². The van der Waals surface area contributed by atoms with E-state index in [0.717, 1.165) is 29.3 Å². The smallest absolute Gasteiger partial charge is 0.391 e. The topological polar surface area (TPSA) is 393 Å². The van der Waals surface area contributed by atoms with E-state index in [1.807, 2.05) is 0 Å². The lowest BCUT2D eigenvalue weighted by Gasteiger charge is -2.30. The molecule has 1 aliphatic heterocycles. The third kappa shape index (κ3) is 14.9. The van der Waals surface area contributed by atoms with E-state index in [1.54, 1.807) is 0 Å². The fourth-order valence-corrected chi connectivity index (χ4v) is 7.95. The van der Waals surface area contributed by atoms with Crippen LogP contribution in [0.1, 0.15) is 46.8 Å². The molecular weight excluding hydrogens is 839 g/mol. The summed E-state index contributed by atoms with van der Waals surface area (Å²) in [6, 6.07) is 0. The van der Waals surface area contributed by atoms with Crippen molar-refractivity contribution in [1.82, 2.24) is 30.2 Å². The van der Waals surface area contributed by atoms with Gasteiger partial charge < -0.3 is 60.2 Å². The van der Waals surface area contributed by atoms with Crippen molar-refractivity contribution in [1.29, 1.82) is 0 Å². The summed E-state index contributed by atoms with van der Waals surface area (Å²) in [6.07, 6.45) is -7.25. The molecule has 7 atom stereocenters. The molecule has 0 aliphatic carbocycles. The first-order valence-electron chi connectivity index (χ1n) is 16.1. The number of hydrogen-bond donors (Lipinski definition) is 10. The second-order valence-electron chi connectivity index (χ2n) is 13.3. The van der Waals surface area contributed by atoms with Gasteiger partial charge in [-0.15, -0.1) is 0 Å². The summed E-state index contributed by atoms with van der Waals surface area (Å²) < 4.78 is 66.8. The number of nitrogens with two attached hydrogens (primary N) is 1. The normalized spacial score (nSPS) is 21.9. The van der Waals surface area contributed by atoms with E-state index >= 15 is 0 Å². The lowest BCUT2D eigenvalue weighted by Crippen LogP contribution is -2.46. The van der Waals surface area contributed by atoms with Crippen molar-refractivity contribution < 1.29 is 89.8 Å². The van der Waals surface area contributed by atoms with Crippen LogP contribution in [0, 0.1) is 5.41 Å². The van der Waals surface area contributed by atoms with Crippen LogP contribution in [0.2, 0.25) is 0 Å². The number of aromatic nitrogens is 4. The van der Waals surface area contributed by atoms with Gasteiger partial charge in [0.05, 0.1) is 43.6 Å². The highest BCUT2D eigenvalue weighted by molar-refractivity contribution is 7.95. The molecule has 3 rings (SSSR count). The maximum Gasteiger partial charge on any atom is 0.481 e. The van der Waals surface area contributed by atoms with Crippen molar-refractivity contribution in [3.05, 3.63) is 12.7 Å². The number of aliphatic hydroxyl groups is 3. The Morgan fingerprint density at radius 1 is 1.04 bits per heavy atom.